The van der Waals surface area contributed by atoms with Crippen molar-refractivity contribution in [2.24, 2.45) is 0 Å². The highest BCUT2D eigenvalue weighted by molar-refractivity contribution is 8.00. The molecule has 0 aromatic rings. The Balaban J connectivity index is 2.66. The smallest absolute Gasteiger partial charge is 0.326 e. The third-order valence-corrected chi connectivity index (χ3v) is 4.93. The largest absolute Gasteiger partial charge is 0.465 e. The van der Waals surface area contributed by atoms with Gasteiger partial charge >= 0.3 is 5.97 Å². The van der Waals surface area contributed by atoms with Gasteiger partial charge < -0.3 is 15.2 Å². The fourth-order valence-corrected chi connectivity index (χ4v) is 3.92. The number of aliphatic hydroxyl groups is 1. The molecule has 0 aliphatic heterocycles. The molecule has 1 saturated carbocycles. The minimum absolute atomic E-state index is 0.130. The number of likely N-dealkylation sites (N-methyl/N-ethyl adjacent to an activating group) is 1. The normalized spacial score (nSPS) is 29.9. The molecular weight excluding hydrogens is 250 g/mol. The highest BCUT2D eigenvalue weighted by Crippen LogP contribution is 2.37. The van der Waals surface area contributed by atoms with Gasteiger partial charge in [0, 0.05) is 10.5 Å². The summed E-state index contributed by atoms with van der Waals surface area (Å²) in [5.74, 6) is -0.130. The molecule has 5 heteroatoms. The van der Waals surface area contributed by atoms with E-state index in [9.17, 15) is 4.79 Å². The molecule has 1 rings (SSSR count). The number of esters is 1. The van der Waals surface area contributed by atoms with E-state index in [0.717, 1.165) is 25.7 Å². The summed E-state index contributed by atoms with van der Waals surface area (Å²) in [6.45, 7) is 4.47. The van der Waals surface area contributed by atoms with E-state index in [-0.39, 0.29) is 17.8 Å². The summed E-state index contributed by atoms with van der Waals surface area (Å²) in [7, 11) is 1.83. The predicted octanol–water partition coefficient (Wildman–Crippen LogP) is 1.56. The average molecular weight is 275 g/mol. The second-order valence-corrected chi connectivity index (χ2v) is 6.64. The van der Waals surface area contributed by atoms with E-state index in [4.69, 9.17) is 9.84 Å². The van der Waals surface area contributed by atoms with Crippen molar-refractivity contribution >= 4 is 17.7 Å². The van der Waals surface area contributed by atoms with E-state index < -0.39 is 5.54 Å². The van der Waals surface area contributed by atoms with Crippen LogP contribution in [0.3, 0.4) is 0 Å². The summed E-state index contributed by atoms with van der Waals surface area (Å²) in [6.07, 6.45) is 3.76. The Kier molecular flexibility index (Phi) is 6.46. The Bertz CT molecular complexity index is 275. The first-order chi connectivity index (χ1) is 8.57. The van der Waals surface area contributed by atoms with Crippen LogP contribution >= 0.6 is 11.8 Å². The molecule has 1 fully saturated rings. The van der Waals surface area contributed by atoms with Crippen LogP contribution in [0.25, 0.3) is 0 Å². The van der Waals surface area contributed by atoms with Crippen LogP contribution in [0.4, 0.5) is 0 Å². The van der Waals surface area contributed by atoms with E-state index in [1.807, 2.05) is 20.9 Å². The zero-order valence-corrected chi connectivity index (χ0v) is 12.4. The van der Waals surface area contributed by atoms with E-state index in [1.165, 1.54) is 0 Å². The van der Waals surface area contributed by atoms with Gasteiger partial charge in [-0.1, -0.05) is 6.92 Å². The third-order valence-electron chi connectivity index (χ3n) is 3.53. The molecule has 0 aromatic carbocycles. The summed E-state index contributed by atoms with van der Waals surface area (Å²) < 4.78 is 5.20. The fraction of sp³-hybridized carbons (Fsp3) is 0.923. The lowest BCUT2D eigenvalue weighted by molar-refractivity contribution is -0.152. The second kappa shape index (κ2) is 7.36. The standard InChI is InChI=1S/C13H25NO3S/c1-4-17-12(16)13(14-3)7-5-6-11(8-13)18-10(2)9-15/h10-11,14-15H,4-9H2,1-3H3. The number of rotatable bonds is 6. The van der Waals surface area contributed by atoms with Crippen LogP contribution in [0.2, 0.25) is 0 Å². The minimum Gasteiger partial charge on any atom is -0.465 e. The Morgan fingerprint density at radius 2 is 2.39 bits per heavy atom. The molecule has 0 spiro atoms. The Morgan fingerprint density at radius 3 is 2.94 bits per heavy atom. The maximum atomic E-state index is 12.1. The molecule has 3 unspecified atom stereocenters. The number of ether oxygens (including phenoxy) is 1. The highest BCUT2D eigenvalue weighted by Gasteiger charge is 2.43. The quantitative estimate of drug-likeness (QED) is 0.721. The fourth-order valence-electron chi connectivity index (χ4n) is 2.50. The zero-order chi connectivity index (χ0) is 13.6. The Morgan fingerprint density at radius 1 is 1.67 bits per heavy atom. The number of thioether (sulfide) groups is 1. The van der Waals surface area contributed by atoms with Crippen molar-refractivity contribution in [1.29, 1.82) is 0 Å². The van der Waals surface area contributed by atoms with E-state index in [0.29, 0.717) is 11.9 Å². The van der Waals surface area contributed by atoms with Gasteiger partial charge in [-0.3, -0.25) is 4.79 Å². The van der Waals surface area contributed by atoms with Gasteiger partial charge in [-0.05, 0) is 39.7 Å². The first kappa shape index (κ1) is 15.8. The lowest BCUT2D eigenvalue weighted by Crippen LogP contribution is -2.55. The Labute approximate surface area is 114 Å². The number of nitrogens with one attached hydrogen (secondary N) is 1. The van der Waals surface area contributed by atoms with Crippen LogP contribution in [-0.2, 0) is 9.53 Å². The van der Waals surface area contributed by atoms with Crippen molar-refractivity contribution in [3.8, 4) is 0 Å². The van der Waals surface area contributed by atoms with Gasteiger partial charge in [0.2, 0.25) is 0 Å². The monoisotopic (exact) mass is 275 g/mol. The van der Waals surface area contributed by atoms with Crippen LogP contribution < -0.4 is 5.32 Å². The van der Waals surface area contributed by atoms with Crippen molar-refractivity contribution in [1.82, 2.24) is 5.32 Å². The molecule has 0 bridgehead atoms. The van der Waals surface area contributed by atoms with Gasteiger partial charge in [-0.25, -0.2) is 0 Å². The average Bonchev–Trinajstić information content (AvgIpc) is 2.39. The lowest BCUT2D eigenvalue weighted by Gasteiger charge is -2.39. The summed E-state index contributed by atoms with van der Waals surface area (Å²) in [6, 6.07) is 0. The molecule has 0 amide bonds. The summed E-state index contributed by atoms with van der Waals surface area (Å²) in [4.78, 5) is 12.1. The van der Waals surface area contributed by atoms with Gasteiger partial charge in [0.15, 0.2) is 0 Å². The molecular formula is C13H25NO3S. The van der Waals surface area contributed by atoms with Crippen molar-refractivity contribution in [3.05, 3.63) is 0 Å². The molecule has 0 heterocycles. The minimum atomic E-state index is -0.527. The van der Waals surface area contributed by atoms with Crippen molar-refractivity contribution in [3.63, 3.8) is 0 Å². The summed E-state index contributed by atoms with van der Waals surface area (Å²) >= 11 is 1.78. The molecule has 0 saturated heterocycles. The first-order valence-corrected chi connectivity index (χ1v) is 7.64. The lowest BCUT2D eigenvalue weighted by atomic mass is 9.81. The van der Waals surface area contributed by atoms with Crippen LogP contribution in [0.1, 0.15) is 39.5 Å². The van der Waals surface area contributed by atoms with Crippen LogP contribution in [0.5, 0.6) is 0 Å². The number of hydrogen-bond acceptors (Lipinski definition) is 5. The van der Waals surface area contributed by atoms with Crippen molar-refractivity contribution < 1.29 is 14.6 Å². The van der Waals surface area contributed by atoms with Gasteiger partial charge in [-0.15, -0.1) is 0 Å². The second-order valence-electron chi connectivity index (χ2n) is 4.90. The SMILES string of the molecule is CCOC(=O)C1(NC)CCCC(SC(C)CO)C1. The molecule has 0 radical (unpaired) electrons. The summed E-state index contributed by atoms with van der Waals surface area (Å²) in [5, 5.41) is 12.9. The van der Waals surface area contributed by atoms with Gasteiger partial charge in [0.05, 0.1) is 13.2 Å². The molecule has 0 aromatic heterocycles. The Hall–Kier alpha value is -0.260. The molecule has 4 nitrogen and oxygen atoms in total. The van der Waals surface area contributed by atoms with Crippen molar-refractivity contribution in [2.45, 2.75) is 55.6 Å². The first-order valence-electron chi connectivity index (χ1n) is 6.70. The maximum Gasteiger partial charge on any atom is 0.326 e. The third kappa shape index (κ3) is 3.87. The highest BCUT2D eigenvalue weighted by atomic mass is 32.2. The number of carbonyl (C=O) groups is 1. The molecule has 1 aliphatic carbocycles. The van der Waals surface area contributed by atoms with Crippen LogP contribution in [0, 0.1) is 0 Å². The van der Waals surface area contributed by atoms with Crippen LogP contribution in [-0.4, -0.2) is 47.4 Å². The van der Waals surface area contributed by atoms with Gasteiger partial charge in [-0.2, -0.15) is 11.8 Å². The van der Waals surface area contributed by atoms with E-state index >= 15 is 0 Å². The molecule has 2 N–H and O–H groups in total. The topological polar surface area (TPSA) is 58.6 Å². The molecule has 18 heavy (non-hydrogen) atoms. The van der Waals surface area contributed by atoms with E-state index in [2.05, 4.69) is 5.32 Å². The molecule has 1 aliphatic rings. The molecule has 106 valence electrons. The zero-order valence-electron chi connectivity index (χ0n) is 11.6. The number of aliphatic hydroxyl groups excluding tert-OH is 1. The van der Waals surface area contributed by atoms with Crippen molar-refractivity contribution in [2.75, 3.05) is 20.3 Å². The number of hydrogen-bond donors (Lipinski definition) is 2. The predicted molar refractivity (Wildman–Crippen MR) is 74.8 cm³/mol. The van der Waals surface area contributed by atoms with Gasteiger partial charge in [0.1, 0.15) is 5.54 Å². The maximum absolute atomic E-state index is 12.1. The van der Waals surface area contributed by atoms with E-state index in [1.54, 1.807) is 11.8 Å². The van der Waals surface area contributed by atoms with Crippen LogP contribution in [0.15, 0.2) is 0 Å². The molecule has 3 atom stereocenters. The number of carbonyl (C=O) groups excluding carboxylic acids is 1. The summed E-state index contributed by atoms with van der Waals surface area (Å²) in [5.41, 5.74) is -0.527. The van der Waals surface area contributed by atoms with Gasteiger partial charge in [0.25, 0.3) is 0 Å².